The zero-order valence-electron chi connectivity index (χ0n) is 11.6. The molecule has 0 spiro atoms. The quantitative estimate of drug-likeness (QED) is 0.887. The summed E-state index contributed by atoms with van der Waals surface area (Å²) in [5, 5.41) is 0. The van der Waals surface area contributed by atoms with E-state index in [1.165, 1.54) is 16.8 Å². The summed E-state index contributed by atoms with van der Waals surface area (Å²) in [6.45, 7) is 6.69. The fourth-order valence-electron chi connectivity index (χ4n) is 2.90. The molecule has 3 heteroatoms. The van der Waals surface area contributed by atoms with Crippen LogP contribution < -0.4 is 10.6 Å². The minimum absolute atomic E-state index is 0.369. The highest BCUT2D eigenvalue weighted by molar-refractivity contribution is 5.54. The first kappa shape index (κ1) is 13.4. The lowest BCUT2D eigenvalue weighted by molar-refractivity contribution is 0.180. The Balaban J connectivity index is 2.19. The third-order valence-electron chi connectivity index (χ3n) is 3.98. The highest BCUT2D eigenvalue weighted by Crippen LogP contribution is 2.27. The summed E-state index contributed by atoms with van der Waals surface area (Å²) in [6.07, 6.45) is 1.12. The normalized spacial score (nSPS) is 21.0. The SMILES string of the molecule is Cc1ccc(N(C)C(CN)C2CCOC2)c(C)c1. The van der Waals surface area contributed by atoms with Crippen molar-refractivity contribution >= 4 is 5.69 Å². The minimum atomic E-state index is 0.369. The number of nitrogens with two attached hydrogens (primary N) is 1. The number of rotatable bonds is 4. The Morgan fingerprint density at radius 1 is 1.44 bits per heavy atom. The van der Waals surface area contributed by atoms with Gasteiger partial charge in [-0.25, -0.2) is 0 Å². The van der Waals surface area contributed by atoms with Gasteiger partial charge in [0.2, 0.25) is 0 Å². The molecule has 2 atom stereocenters. The summed E-state index contributed by atoms with van der Waals surface area (Å²) in [4.78, 5) is 2.33. The molecular weight excluding hydrogens is 224 g/mol. The summed E-state index contributed by atoms with van der Waals surface area (Å²) >= 11 is 0. The number of benzene rings is 1. The van der Waals surface area contributed by atoms with Gasteiger partial charge in [0, 0.05) is 37.8 Å². The maximum atomic E-state index is 5.97. The van der Waals surface area contributed by atoms with Gasteiger partial charge in [-0.3, -0.25) is 0 Å². The molecule has 1 heterocycles. The second-order valence-corrected chi connectivity index (χ2v) is 5.33. The van der Waals surface area contributed by atoms with E-state index in [2.05, 4.69) is 44.0 Å². The van der Waals surface area contributed by atoms with Crippen LogP contribution in [0.5, 0.6) is 0 Å². The number of hydrogen-bond donors (Lipinski definition) is 1. The molecule has 2 unspecified atom stereocenters. The highest BCUT2D eigenvalue weighted by Gasteiger charge is 2.28. The van der Waals surface area contributed by atoms with Gasteiger partial charge in [-0.05, 0) is 31.9 Å². The average Bonchev–Trinajstić information content (AvgIpc) is 2.83. The van der Waals surface area contributed by atoms with Crippen LogP contribution in [0.3, 0.4) is 0 Å². The molecule has 1 fully saturated rings. The van der Waals surface area contributed by atoms with Crippen molar-refractivity contribution in [3.8, 4) is 0 Å². The Hall–Kier alpha value is -1.06. The van der Waals surface area contributed by atoms with Crippen LogP contribution in [-0.2, 0) is 4.74 Å². The van der Waals surface area contributed by atoms with Crippen LogP contribution in [0.1, 0.15) is 17.5 Å². The molecule has 1 aliphatic heterocycles. The van der Waals surface area contributed by atoms with Gasteiger partial charge >= 0.3 is 0 Å². The molecule has 0 amide bonds. The molecule has 1 aliphatic rings. The molecular formula is C15H24N2O. The van der Waals surface area contributed by atoms with Crippen LogP contribution in [-0.4, -0.2) is 32.8 Å². The molecule has 100 valence electrons. The number of hydrogen-bond acceptors (Lipinski definition) is 3. The van der Waals surface area contributed by atoms with Crippen molar-refractivity contribution in [1.29, 1.82) is 0 Å². The van der Waals surface area contributed by atoms with E-state index < -0.39 is 0 Å². The van der Waals surface area contributed by atoms with Gasteiger partial charge in [0.15, 0.2) is 0 Å². The molecule has 3 nitrogen and oxygen atoms in total. The molecule has 1 saturated heterocycles. The number of likely N-dealkylation sites (N-methyl/N-ethyl adjacent to an activating group) is 1. The van der Waals surface area contributed by atoms with Crippen LogP contribution >= 0.6 is 0 Å². The summed E-state index contributed by atoms with van der Waals surface area (Å²) in [5.41, 5.74) is 9.87. The zero-order chi connectivity index (χ0) is 13.1. The topological polar surface area (TPSA) is 38.5 Å². The second kappa shape index (κ2) is 5.72. The van der Waals surface area contributed by atoms with Gasteiger partial charge in [0.05, 0.1) is 6.61 Å². The lowest BCUT2D eigenvalue weighted by Gasteiger charge is -2.34. The molecule has 2 rings (SSSR count). The third-order valence-corrected chi connectivity index (χ3v) is 3.98. The van der Waals surface area contributed by atoms with E-state index in [1.54, 1.807) is 0 Å². The monoisotopic (exact) mass is 248 g/mol. The minimum Gasteiger partial charge on any atom is -0.381 e. The number of anilines is 1. The summed E-state index contributed by atoms with van der Waals surface area (Å²) < 4.78 is 5.49. The second-order valence-electron chi connectivity index (χ2n) is 5.33. The van der Waals surface area contributed by atoms with E-state index in [0.29, 0.717) is 18.5 Å². The fraction of sp³-hybridized carbons (Fsp3) is 0.600. The van der Waals surface area contributed by atoms with Crippen LogP contribution in [0.4, 0.5) is 5.69 Å². The maximum Gasteiger partial charge on any atom is 0.0515 e. The first-order valence-electron chi connectivity index (χ1n) is 6.71. The van der Waals surface area contributed by atoms with Gasteiger partial charge in [0.1, 0.15) is 0 Å². The van der Waals surface area contributed by atoms with Crippen molar-refractivity contribution in [1.82, 2.24) is 0 Å². The van der Waals surface area contributed by atoms with E-state index in [9.17, 15) is 0 Å². The molecule has 2 N–H and O–H groups in total. The summed E-state index contributed by atoms with van der Waals surface area (Å²) in [5.74, 6) is 0.556. The Kier molecular flexibility index (Phi) is 4.25. The van der Waals surface area contributed by atoms with E-state index in [0.717, 1.165) is 19.6 Å². The van der Waals surface area contributed by atoms with Crippen molar-refractivity contribution in [2.24, 2.45) is 11.7 Å². The maximum absolute atomic E-state index is 5.97. The van der Waals surface area contributed by atoms with Gasteiger partial charge in [-0.2, -0.15) is 0 Å². The molecule has 0 bridgehead atoms. The largest absolute Gasteiger partial charge is 0.381 e. The highest BCUT2D eigenvalue weighted by atomic mass is 16.5. The van der Waals surface area contributed by atoms with Gasteiger partial charge in [-0.15, -0.1) is 0 Å². The molecule has 0 aliphatic carbocycles. The van der Waals surface area contributed by atoms with Gasteiger partial charge < -0.3 is 15.4 Å². The smallest absolute Gasteiger partial charge is 0.0515 e. The number of aryl methyl sites for hydroxylation is 2. The van der Waals surface area contributed by atoms with Crippen molar-refractivity contribution in [2.45, 2.75) is 26.3 Å². The molecule has 18 heavy (non-hydrogen) atoms. The fourth-order valence-corrected chi connectivity index (χ4v) is 2.90. The van der Waals surface area contributed by atoms with Crippen LogP contribution in [0.15, 0.2) is 18.2 Å². The van der Waals surface area contributed by atoms with Crippen molar-refractivity contribution in [3.63, 3.8) is 0 Å². The van der Waals surface area contributed by atoms with Gasteiger partial charge in [0.25, 0.3) is 0 Å². The molecule has 0 radical (unpaired) electrons. The van der Waals surface area contributed by atoms with Crippen molar-refractivity contribution < 1.29 is 4.74 Å². The predicted octanol–water partition coefficient (Wildman–Crippen LogP) is 2.10. The first-order valence-corrected chi connectivity index (χ1v) is 6.71. The molecule has 0 saturated carbocycles. The van der Waals surface area contributed by atoms with Crippen LogP contribution in [0.2, 0.25) is 0 Å². The number of nitrogens with zero attached hydrogens (tertiary/aromatic N) is 1. The predicted molar refractivity (Wildman–Crippen MR) is 76.1 cm³/mol. The van der Waals surface area contributed by atoms with E-state index in [1.807, 2.05) is 0 Å². The molecule has 1 aromatic carbocycles. The van der Waals surface area contributed by atoms with Crippen LogP contribution in [0.25, 0.3) is 0 Å². The van der Waals surface area contributed by atoms with Gasteiger partial charge in [-0.1, -0.05) is 17.7 Å². The average molecular weight is 248 g/mol. The van der Waals surface area contributed by atoms with Crippen LogP contribution in [0, 0.1) is 19.8 Å². The van der Waals surface area contributed by atoms with E-state index in [4.69, 9.17) is 10.5 Å². The lowest BCUT2D eigenvalue weighted by Crippen LogP contribution is -2.44. The standard InChI is InChI=1S/C15H24N2O/c1-11-4-5-14(12(2)8-11)17(3)15(9-16)13-6-7-18-10-13/h4-5,8,13,15H,6-7,9-10,16H2,1-3H3. The number of ether oxygens (including phenoxy) is 1. The Bertz CT molecular complexity index is 399. The van der Waals surface area contributed by atoms with Crippen molar-refractivity contribution in [3.05, 3.63) is 29.3 Å². The zero-order valence-corrected chi connectivity index (χ0v) is 11.6. The molecule has 0 aromatic heterocycles. The Labute approximate surface area is 110 Å². The summed E-state index contributed by atoms with van der Waals surface area (Å²) in [6, 6.07) is 6.96. The Morgan fingerprint density at radius 2 is 2.22 bits per heavy atom. The Morgan fingerprint density at radius 3 is 2.78 bits per heavy atom. The summed E-state index contributed by atoms with van der Waals surface area (Å²) in [7, 11) is 2.15. The van der Waals surface area contributed by atoms with Crippen molar-refractivity contribution in [2.75, 3.05) is 31.7 Å². The molecule has 1 aromatic rings. The third kappa shape index (κ3) is 2.68. The first-order chi connectivity index (χ1) is 8.63. The van der Waals surface area contributed by atoms with E-state index in [-0.39, 0.29) is 0 Å². The lowest BCUT2D eigenvalue weighted by atomic mass is 9.96. The van der Waals surface area contributed by atoms with E-state index >= 15 is 0 Å².